The number of anilines is 2. The van der Waals surface area contributed by atoms with Crippen LogP contribution in [0.2, 0.25) is 0 Å². The average Bonchev–Trinajstić information content (AvgIpc) is 2.84. The Hall–Kier alpha value is -3.61. The molecule has 35 heavy (non-hydrogen) atoms. The fraction of sp³-hybridized carbons (Fsp3) is 0.393. The fourth-order valence-electron chi connectivity index (χ4n) is 4.80. The van der Waals surface area contributed by atoms with E-state index in [0.29, 0.717) is 19.6 Å². The molecule has 0 bridgehead atoms. The summed E-state index contributed by atoms with van der Waals surface area (Å²) >= 11 is 0. The van der Waals surface area contributed by atoms with Gasteiger partial charge in [0.1, 0.15) is 11.6 Å². The number of aromatic nitrogens is 2. The van der Waals surface area contributed by atoms with E-state index in [9.17, 15) is 0 Å². The third kappa shape index (κ3) is 6.50. The highest BCUT2D eigenvalue weighted by Crippen LogP contribution is 2.32. The smallest absolute Gasteiger partial charge is 0.186 e. The van der Waals surface area contributed by atoms with E-state index in [0.717, 1.165) is 42.3 Å². The molecule has 0 radical (unpaired) electrons. The number of benzene rings is 1. The lowest BCUT2D eigenvalue weighted by atomic mass is 9.83. The van der Waals surface area contributed by atoms with Gasteiger partial charge in [0.2, 0.25) is 0 Å². The first-order chi connectivity index (χ1) is 16.9. The molecular formula is C28H39N7. The summed E-state index contributed by atoms with van der Waals surface area (Å²) in [5.41, 5.74) is 21.3. The molecule has 0 aliphatic rings. The molecule has 0 aliphatic carbocycles. The predicted octanol–water partition coefficient (Wildman–Crippen LogP) is 4.78. The van der Waals surface area contributed by atoms with E-state index < -0.39 is 0 Å². The summed E-state index contributed by atoms with van der Waals surface area (Å²) in [5.74, 6) is 1.87. The van der Waals surface area contributed by atoms with Gasteiger partial charge in [0.05, 0.1) is 6.54 Å². The van der Waals surface area contributed by atoms with Gasteiger partial charge < -0.3 is 22.1 Å². The second-order valence-corrected chi connectivity index (χ2v) is 8.71. The van der Waals surface area contributed by atoms with Gasteiger partial charge in [-0.2, -0.15) is 0 Å². The molecule has 2 aromatic heterocycles. The van der Waals surface area contributed by atoms with E-state index in [1.807, 2.05) is 50.2 Å². The number of guanidine groups is 1. The topological polar surface area (TPSA) is 114 Å². The Morgan fingerprint density at radius 3 is 1.49 bits per heavy atom. The van der Waals surface area contributed by atoms with Gasteiger partial charge in [0.25, 0.3) is 0 Å². The lowest BCUT2D eigenvalue weighted by Crippen LogP contribution is -2.23. The summed E-state index contributed by atoms with van der Waals surface area (Å²) in [6.45, 7) is 12.5. The molecule has 6 N–H and O–H groups in total. The number of nitrogens with zero attached hydrogens (tertiary/aromatic N) is 3. The van der Waals surface area contributed by atoms with E-state index in [4.69, 9.17) is 11.5 Å². The van der Waals surface area contributed by atoms with Crippen LogP contribution in [0.3, 0.4) is 0 Å². The van der Waals surface area contributed by atoms with E-state index in [1.54, 1.807) is 0 Å². The first-order valence-electron chi connectivity index (χ1n) is 12.4. The van der Waals surface area contributed by atoms with E-state index >= 15 is 0 Å². The summed E-state index contributed by atoms with van der Waals surface area (Å²) in [5, 5.41) is 7.12. The van der Waals surface area contributed by atoms with Crippen molar-refractivity contribution in [2.45, 2.75) is 73.5 Å². The average molecular weight is 474 g/mol. The van der Waals surface area contributed by atoms with Crippen molar-refractivity contribution in [2.24, 2.45) is 16.5 Å². The fourth-order valence-corrected chi connectivity index (χ4v) is 4.80. The first kappa shape index (κ1) is 26.0. The summed E-state index contributed by atoms with van der Waals surface area (Å²) < 4.78 is 0. The molecule has 0 amide bonds. The predicted molar refractivity (Wildman–Crippen MR) is 147 cm³/mol. The van der Waals surface area contributed by atoms with Gasteiger partial charge in [-0.15, -0.1) is 0 Å². The van der Waals surface area contributed by atoms with Crippen molar-refractivity contribution >= 4 is 17.6 Å². The highest BCUT2D eigenvalue weighted by atomic mass is 15.0. The van der Waals surface area contributed by atoms with Crippen LogP contribution in [0, 0.1) is 13.8 Å². The number of nitrogens with one attached hydrogen (secondary N) is 2. The zero-order chi connectivity index (χ0) is 25.4. The normalized spacial score (nSPS) is 10.8. The Morgan fingerprint density at radius 1 is 0.686 bits per heavy atom. The molecule has 0 aliphatic heterocycles. The second-order valence-electron chi connectivity index (χ2n) is 8.71. The van der Waals surface area contributed by atoms with Crippen LogP contribution in [0.15, 0.2) is 41.4 Å². The monoisotopic (exact) mass is 473 g/mol. The molecule has 7 nitrogen and oxygen atoms in total. The molecule has 186 valence electrons. The number of hydrogen-bond acceptors (Lipinski definition) is 5. The molecular weight excluding hydrogens is 434 g/mol. The van der Waals surface area contributed by atoms with Crippen LogP contribution < -0.4 is 22.1 Å². The Kier molecular flexibility index (Phi) is 9.06. The molecule has 0 saturated carbocycles. The van der Waals surface area contributed by atoms with Gasteiger partial charge in [0.15, 0.2) is 5.96 Å². The number of aliphatic imine (C=N–C) groups is 1. The van der Waals surface area contributed by atoms with Crippen molar-refractivity contribution in [3.05, 3.63) is 81.2 Å². The maximum absolute atomic E-state index is 5.74. The summed E-state index contributed by atoms with van der Waals surface area (Å²) in [7, 11) is 0. The molecule has 1 aromatic carbocycles. The Morgan fingerprint density at radius 2 is 1.11 bits per heavy atom. The lowest BCUT2D eigenvalue weighted by Gasteiger charge is -2.26. The summed E-state index contributed by atoms with van der Waals surface area (Å²) in [4.78, 5) is 13.7. The van der Waals surface area contributed by atoms with Gasteiger partial charge in [-0.1, -0.05) is 32.9 Å². The highest BCUT2D eigenvalue weighted by Gasteiger charge is 2.21. The van der Waals surface area contributed by atoms with Crippen LogP contribution >= 0.6 is 0 Å². The van der Waals surface area contributed by atoms with Crippen LogP contribution in [0.25, 0.3) is 0 Å². The third-order valence-corrected chi connectivity index (χ3v) is 6.34. The van der Waals surface area contributed by atoms with Crippen molar-refractivity contribution in [3.63, 3.8) is 0 Å². The van der Waals surface area contributed by atoms with Crippen LogP contribution in [0.1, 0.15) is 65.5 Å². The number of rotatable bonds is 11. The Bertz CT molecular complexity index is 1100. The van der Waals surface area contributed by atoms with Crippen molar-refractivity contribution in [3.8, 4) is 0 Å². The van der Waals surface area contributed by atoms with Gasteiger partial charge in [-0.25, -0.2) is 15.0 Å². The van der Waals surface area contributed by atoms with Crippen LogP contribution in [0.5, 0.6) is 0 Å². The zero-order valence-electron chi connectivity index (χ0n) is 21.7. The molecule has 0 atom stereocenters. The first-order valence-corrected chi connectivity index (χ1v) is 12.4. The molecule has 0 unspecified atom stereocenters. The second kappa shape index (κ2) is 12.2. The van der Waals surface area contributed by atoms with Crippen molar-refractivity contribution in [1.82, 2.24) is 9.97 Å². The van der Waals surface area contributed by atoms with Crippen molar-refractivity contribution < 1.29 is 0 Å². The number of pyridine rings is 2. The minimum Gasteiger partial charge on any atom is -0.370 e. The lowest BCUT2D eigenvalue weighted by molar-refractivity contribution is 0.868. The summed E-state index contributed by atoms with van der Waals surface area (Å²) in [6.07, 6.45) is 2.74. The quantitative estimate of drug-likeness (QED) is 0.235. The Balaban J connectivity index is 2.11. The van der Waals surface area contributed by atoms with Crippen LogP contribution in [-0.2, 0) is 38.9 Å². The number of nitrogens with two attached hydrogens (primary N) is 2. The number of hydrogen-bond donors (Lipinski definition) is 4. The minimum atomic E-state index is 0.112. The van der Waals surface area contributed by atoms with Gasteiger partial charge >= 0.3 is 0 Å². The van der Waals surface area contributed by atoms with Crippen molar-refractivity contribution in [2.75, 3.05) is 10.6 Å². The largest absolute Gasteiger partial charge is 0.370 e. The SMILES string of the molecule is CCc1c(CN=C(N)N)c(CC)c(CNc2cccc(C)n2)c(CC)c1CNc1cccc(C)n1. The van der Waals surface area contributed by atoms with Crippen LogP contribution in [0.4, 0.5) is 11.6 Å². The summed E-state index contributed by atoms with van der Waals surface area (Å²) in [6, 6.07) is 12.1. The van der Waals surface area contributed by atoms with Gasteiger partial charge in [-0.3, -0.25) is 0 Å². The van der Waals surface area contributed by atoms with E-state index in [2.05, 4.69) is 46.4 Å². The van der Waals surface area contributed by atoms with Gasteiger partial charge in [-0.05, 0) is 90.8 Å². The molecule has 7 heteroatoms. The standard InChI is InChI=1S/C28H39N7/c1-6-20-23(15-31-26-13-9-11-18(4)34-26)21(7-2)25(17-33-28(29)30)22(8-3)24(20)16-32-27-14-10-12-19(5)35-27/h9-14H,6-8,15-17H2,1-5H3,(H,31,34)(H,32,35)(H4,29,30,33). The molecule has 3 rings (SSSR count). The molecule has 0 spiro atoms. The number of aryl methyl sites for hydroxylation is 2. The Labute approximate surface area is 209 Å². The highest BCUT2D eigenvalue weighted by molar-refractivity contribution is 5.75. The molecule has 0 fully saturated rings. The van der Waals surface area contributed by atoms with E-state index in [-0.39, 0.29) is 5.96 Å². The van der Waals surface area contributed by atoms with Gasteiger partial charge in [0, 0.05) is 24.5 Å². The maximum Gasteiger partial charge on any atom is 0.186 e. The molecule has 3 aromatic rings. The maximum atomic E-state index is 5.74. The van der Waals surface area contributed by atoms with E-state index in [1.165, 1.54) is 33.4 Å². The molecule has 2 heterocycles. The zero-order valence-corrected chi connectivity index (χ0v) is 21.7. The third-order valence-electron chi connectivity index (χ3n) is 6.34. The van der Waals surface area contributed by atoms with Crippen molar-refractivity contribution in [1.29, 1.82) is 0 Å². The molecule has 0 saturated heterocycles. The minimum absolute atomic E-state index is 0.112. The van der Waals surface area contributed by atoms with Crippen LogP contribution in [-0.4, -0.2) is 15.9 Å².